The molecule has 0 saturated carbocycles. The predicted octanol–water partition coefficient (Wildman–Crippen LogP) is 2.63. The normalized spacial score (nSPS) is 13.2. The molecule has 1 aromatic rings. The Kier molecular flexibility index (Phi) is 7.56. The molecule has 1 unspecified atom stereocenters. The number of rotatable bonds is 9. The number of hydrogen-bond acceptors (Lipinski definition) is 3. The van der Waals surface area contributed by atoms with Gasteiger partial charge in [-0.1, -0.05) is 32.4 Å². The molecule has 0 spiro atoms. The zero-order valence-electron chi connectivity index (χ0n) is 13.5. The summed E-state index contributed by atoms with van der Waals surface area (Å²) in [6.07, 6.45) is 2.09. The molecule has 0 fully saturated rings. The van der Waals surface area contributed by atoms with Crippen LogP contribution in [0.25, 0.3) is 0 Å². The molecule has 1 N–H and O–H groups in total. The van der Waals surface area contributed by atoms with E-state index in [0.717, 1.165) is 49.9 Å². The van der Waals surface area contributed by atoms with Crippen LogP contribution >= 0.6 is 11.6 Å². The third-order valence-corrected chi connectivity index (χ3v) is 4.37. The molecule has 0 aliphatic rings. The molecule has 0 bridgehead atoms. The lowest BCUT2D eigenvalue weighted by molar-refractivity contribution is 0.281. The lowest BCUT2D eigenvalue weighted by atomic mass is 10.0. The Morgan fingerprint density at radius 2 is 1.95 bits per heavy atom. The summed E-state index contributed by atoms with van der Waals surface area (Å²) < 4.78 is 1.76. The van der Waals surface area contributed by atoms with Crippen LogP contribution in [-0.2, 0) is 13.5 Å². The molecule has 0 aliphatic carbocycles. The largest absolute Gasteiger partial charge is 0.314 e. The molecule has 1 aromatic heterocycles. The summed E-state index contributed by atoms with van der Waals surface area (Å²) in [5, 5.41) is 8.75. The Balaban J connectivity index is 2.66. The maximum atomic E-state index is 6.34. The van der Waals surface area contributed by atoms with Crippen LogP contribution < -0.4 is 5.32 Å². The van der Waals surface area contributed by atoms with Crippen LogP contribution in [0.15, 0.2) is 0 Å². The quantitative estimate of drug-likeness (QED) is 0.761. The Hall–Kier alpha value is -0.580. The number of nitrogens with zero attached hydrogens (tertiary/aromatic N) is 3. The van der Waals surface area contributed by atoms with E-state index in [1.807, 2.05) is 14.0 Å². The fourth-order valence-electron chi connectivity index (χ4n) is 2.60. The third-order valence-electron chi connectivity index (χ3n) is 3.90. The predicted molar refractivity (Wildman–Crippen MR) is 86.5 cm³/mol. The fourth-order valence-corrected chi connectivity index (χ4v) is 2.85. The first-order valence-corrected chi connectivity index (χ1v) is 8.04. The maximum absolute atomic E-state index is 6.34. The van der Waals surface area contributed by atoms with E-state index in [9.17, 15) is 0 Å². The van der Waals surface area contributed by atoms with Crippen molar-refractivity contribution >= 4 is 11.6 Å². The number of aryl methyl sites for hydroxylation is 2. The van der Waals surface area contributed by atoms with Gasteiger partial charge in [-0.3, -0.25) is 4.68 Å². The first-order valence-electron chi connectivity index (χ1n) is 7.67. The van der Waals surface area contributed by atoms with E-state index in [1.54, 1.807) is 4.68 Å². The third kappa shape index (κ3) is 4.76. The Labute approximate surface area is 128 Å². The minimum Gasteiger partial charge on any atom is -0.314 e. The highest BCUT2D eigenvalue weighted by molar-refractivity contribution is 6.30. The van der Waals surface area contributed by atoms with Crippen molar-refractivity contribution in [3.05, 3.63) is 16.4 Å². The fraction of sp³-hybridized carbons (Fsp3) is 0.800. The van der Waals surface area contributed by atoms with E-state index in [-0.39, 0.29) is 0 Å². The van der Waals surface area contributed by atoms with Crippen molar-refractivity contribution in [2.45, 2.75) is 46.6 Å². The molecular formula is C15H29ClN4. The van der Waals surface area contributed by atoms with E-state index in [1.165, 1.54) is 5.56 Å². The monoisotopic (exact) mass is 300 g/mol. The van der Waals surface area contributed by atoms with Crippen LogP contribution in [0.5, 0.6) is 0 Å². The molecule has 1 rings (SSSR count). The van der Waals surface area contributed by atoms with Crippen LogP contribution in [0.1, 0.15) is 38.4 Å². The summed E-state index contributed by atoms with van der Waals surface area (Å²) in [6.45, 7) is 13.0. The first kappa shape index (κ1) is 17.5. The topological polar surface area (TPSA) is 33.1 Å². The van der Waals surface area contributed by atoms with E-state index in [4.69, 9.17) is 11.6 Å². The molecule has 5 heteroatoms. The van der Waals surface area contributed by atoms with Gasteiger partial charge in [-0.2, -0.15) is 5.10 Å². The van der Waals surface area contributed by atoms with Gasteiger partial charge in [-0.05, 0) is 45.9 Å². The van der Waals surface area contributed by atoms with Gasteiger partial charge < -0.3 is 10.2 Å². The van der Waals surface area contributed by atoms with Crippen LogP contribution in [0, 0.1) is 6.92 Å². The van der Waals surface area contributed by atoms with Crippen molar-refractivity contribution in [1.29, 1.82) is 0 Å². The molecule has 1 atom stereocenters. The van der Waals surface area contributed by atoms with Gasteiger partial charge in [0, 0.05) is 18.7 Å². The van der Waals surface area contributed by atoms with Gasteiger partial charge >= 0.3 is 0 Å². The molecule has 0 radical (unpaired) electrons. The van der Waals surface area contributed by atoms with Gasteiger partial charge in [-0.15, -0.1) is 0 Å². The summed E-state index contributed by atoms with van der Waals surface area (Å²) in [4.78, 5) is 2.46. The minimum atomic E-state index is 0.459. The zero-order valence-corrected chi connectivity index (χ0v) is 14.3. The summed E-state index contributed by atoms with van der Waals surface area (Å²) in [5.41, 5.74) is 2.22. The standard InChI is InChI=1S/C15H29ClN4/c1-6-17-13(9-10-20(7-2)8-3)11-14-12(4)18-19(5)15(14)16/h13,17H,6-11H2,1-5H3. The average Bonchev–Trinajstić information content (AvgIpc) is 2.66. The van der Waals surface area contributed by atoms with Crippen molar-refractivity contribution in [1.82, 2.24) is 20.0 Å². The SMILES string of the molecule is CCNC(CCN(CC)CC)Cc1c(C)nn(C)c1Cl. The van der Waals surface area contributed by atoms with Gasteiger partial charge in [0.1, 0.15) is 5.15 Å². The molecule has 1 heterocycles. The van der Waals surface area contributed by atoms with Crippen LogP contribution in [0.4, 0.5) is 0 Å². The van der Waals surface area contributed by atoms with E-state index in [0.29, 0.717) is 6.04 Å². The van der Waals surface area contributed by atoms with Gasteiger partial charge in [-0.25, -0.2) is 0 Å². The summed E-state index contributed by atoms with van der Waals surface area (Å²) >= 11 is 6.34. The molecule has 4 nitrogen and oxygen atoms in total. The lowest BCUT2D eigenvalue weighted by Gasteiger charge is -2.23. The average molecular weight is 301 g/mol. The van der Waals surface area contributed by atoms with Gasteiger partial charge in [0.25, 0.3) is 0 Å². The summed E-state index contributed by atoms with van der Waals surface area (Å²) in [6, 6.07) is 0.459. The van der Waals surface area contributed by atoms with Crippen molar-refractivity contribution in [3.8, 4) is 0 Å². The number of nitrogens with one attached hydrogen (secondary N) is 1. The van der Waals surface area contributed by atoms with Crippen LogP contribution in [0.3, 0.4) is 0 Å². The zero-order chi connectivity index (χ0) is 15.1. The molecule has 0 aromatic carbocycles. The second-order valence-electron chi connectivity index (χ2n) is 5.25. The Morgan fingerprint density at radius 1 is 1.30 bits per heavy atom. The van der Waals surface area contributed by atoms with Crippen LogP contribution in [-0.4, -0.2) is 46.9 Å². The number of aromatic nitrogens is 2. The van der Waals surface area contributed by atoms with Gasteiger partial charge in [0.15, 0.2) is 0 Å². The van der Waals surface area contributed by atoms with Crippen molar-refractivity contribution in [3.63, 3.8) is 0 Å². The van der Waals surface area contributed by atoms with Crippen molar-refractivity contribution in [2.24, 2.45) is 7.05 Å². The molecule has 20 heavy (non-hydrogen) atoms. The second-order valence-corrected chi connectivity index (χ2v) is 5.61. The highest BCUT2D eigenvalue weighted by atomic mass is 35.5. The van der Waals surface area contributed by atoms with Crippen LogP contribution in [0.2, 0.25) is 5.15 Å². The van der Waals surface area contributed by atoms with Crippen molar-refractivity contribution in [2.75, 3.05) is 26.2 Å². The van der Waals surface area contributed by atoms with E-state index in [2.05, 4.69) is 36.1 Å². The minimum absolute atomic E-state index is 0.459. The summed E-state index contributed by atoms with van der Waals surface area (Å²) in [5.74, 6) is 0. The Bertz CT molecular complexity index is 399. The first-order chi connectivity index (χ1) is 9.53. The lowest BCUT2D eigenvalue weighted by Crippen LogP contribution is -2.36. The number of hydrogen-bond donors (Lipinski definition) is 1. The Morgan fingerprint density at radius 3 is 2.40 bits per heavy atom. The summed E-state index contributed by atoms with van der Waals surface area (Å²) in [7, 11) is 1.90. The highest BCUT2D eigenvalue weighted by Gasteiger charge is 2.17. The molecule has 0 saturated heterocycles. The number of halogens is 1. The highest BCUT2D eigenvalue weighted by Crippen LogP contribution is 2.21. The van der Waals surface area contributed by atoms with E-state index < -0.39 is 0 Å². The molecule has 0 aliphatic heterocycles. The molecular weight excluding hydrogens is 272 g/mol. The van der Waals surface area contributed by atoms with Gasteiger partial charge in [0.2, 0.25) is 0 Å². The smallest absolute Gasteiger partial charge is 0.130 e. The van der Waals surface area contributed by atoms with Crippen molar-refractivity contribution < 1.29 is 0 Å². The maximum Gasteiger partial charge on any atom is 0.130 e. The van der Waals surface area contributed by atoms with Gasteiger partial charge in [0.05, 0.1) is 5.69 Å². The van der Waals surface area contributed by atoms with E-state index >= 15 is 0 Å². The number of likely N-dealkylation sites (N-methyl/N-ethyl adjacent to an activating group) is 1. The second kappa shape index (κ2) is 8.65. The molecule has 0 amide bonds. The molecule has 116 valence electrons.